The molecule has 0 aliphatic rings. The molecule has 0 bridgehead atoms. The molecule has 0 aliphatic carbocycles. The Hall–Kier alpha value is -1.06. The number of hydrogen-bond acceptors (Lipinski definition) is 3. The fourth-order valence-electron chi connectivity index (χ4n) is 2.14. The number of benzene rings is 1. The van der Waals surface area contributed by atoms with E-state index in [-0.39, 0.29) is 0 Å². The van der Waals surface area contributed by atoms with Crippen molar-refractivity contribution in [1.82, 2.24) is 4.90 Å². The minimum atomic E-state index is 0.311. The summed E-state index contributed by atoms with van der Waals surface area (Å²) in [7, 11) is 1.69. The summed E-state index contributed by atoms with van der Waals surface area (Å²) in [5.74, 6) is 0.892. The molecule has 0 heterocycles. The van der Waals surface area contributed by atoms with Gasteiger partial charge in [-0.1, -0.05) is 26.0 Å². The van der Waals surface area contributed by atoms with Gasteiger partial charge in [0.15, 0.2) is 0 Å². The molecule has 1 aromatic carbocycles. The lowest BCUT2D eigenvalue weighted by atomic mass is 10.0. The maximum absolute atomic E-state index is 5.91. The van der Waals surface area contributed by atoms with Crippen LogP contribution in [0.15, 0.2) is 24.3 Å². The maximum Gasteiger partial charge on any atom is 0.118 e. The number of hydrogen-bond donors (Lipinski definition) is 1. The summed E-state index contributed by atoms with van der Waals surface area (Å²) in [6, 6.07) is 8.52. The summed E-state index contributed by atoms with van der Waals surface area (Å²) >= 11 is 0. The molecule has 0 radical (unpaired) electrons. The van der Waals surface area contributed by atoms with Gasteiger partial charge in [0, 0.05) is 12.6 Å². The molecule has 1 rings (SSSR count). The van der Waals surface area contributed by atoms with E-state index in [4.69, 9.17) is 10.5 Å². The van der Waals surface area contributed by atoms with Gasteiger partial charge in [0.05, 0.1) is 7.11 Å². The molecule has 2 N–H and O–H groups in total. The molecule has 0 fully saturated rings. The summed E-state index contributed by atoms with van der Waals surface area (Å²) < 4.78 is 5.17. The maximum atomic E-state index is 5.91. The second-order valence-electron chi connectivity index (χ2n) is 4.15. The molecule has 0 spiro atoms. The molecule has 17 heavy (non-hydrogen) atoms. The zero-order chi connectivity index (χ0) is 12.7. The van der Waals surface area contributed by atoms with Gasteiger partial charge in [0.25, 0.3) is 0 Å². The predicted octanol–water partition coefficient (Wildman–Crippen LogP) is 2.43. The van der Waals surface area contributed by atoms with E-state index in [0.717, 1.165) is 25.3 Å². The number of methoxy groups -OCH3 is 1. The first-order valence-corrected chi connectivity index (χ1v) is 6.34. The highest BCUT2D eigenvalue weighted by molar-refractivity contribution is 5.29. The summed E-state index contributed by atoms with van der Waals surface area (Å²) in [5, 5.41) is 0. The molecule has 96 valence electrons. The minimum Gasteiger partial charge on any atom is -0.497 e. The smallest absolute Gasteiger partial charge is 0.118 e. The number of likely N-dealkylation sites (N-methyl/N-ethyl adjacent to an activating group) is 1. The average molecular weight is 236 g/mol. The van der Waals surface area contributed by atoms with E-state index < -0.39 is 0 Å². The van der Waals surface area contributed by atoms with Crippen molar-refractivity contribution in [3.8, 4) is 5.75 Å². The molecule has 1 aromatic rings. The molecule has 3 nitrogen and oxygen atoms in total. The Labute approximate surface area is 105 Å². The fourth-order valence-corrected chi connectivity index (χ4v) is 2.14. The van der Waals surface area contributed by atoms with Gasteiger partial charge in [-0.15, -0.1) is 0 Å². The second kappa shape index (κ2) is 7.30. The number of nitrogens with two attached hydrogens (primary N) is 1. The van der Waals surface area contributed by atoms with E-state index >= 15 is 0 Å². The number of nitrogens with zero attached hydrogens (tertiary/aromatic N) is 1. The van der Waals surface area contributed by atoms with E-state index in [0.29, 0.717) is 12.6 Å². The Morgan fingerprint density at radius 3 is 2.29 bits per heavy atom. The van der Waals surface area contributed by atoms with Crippen LogP contribution in [0.5, 0.6) is 5.75 Å². The second-order valence-corrected chi connectivity index (χ2v) is 4.15. The largest absolute Gasteiger partial charge is 0.497 e. The molecule has 1 unspecified atom stereocenters. The van der Waals surface area contributed by atoms with Crippen LogP contribution in [-0.2, 0) is 0 Å². The molecule has 0 aromatic heterocycles. The third-order valence-electron chi connectivity index (χ3n) is 3.08. The third-order valence-corrected chi connectivity index (χ3v) is 3.08. The van der Waals surface area contributed by atoms with E-state index in [1.165, 1.54) is 5.56 Å². The highest BCUT2D eigenvalue weighted by atomic mass is 16.5. The molecule has 1 atom stereocenters. The molecular weight excluding hydrogens is 212 g/mol. The first-order valence-electron chi connectivity index (χ1n) is 6.34. The van der Waals surface area contributed by atoms with Gasteiger partial charge in [-0.05, 0) is 37.2 Å². The third kappa shape index (κ3) is 3.72. The van der Waals surface area contributed by atoms with Crippen molar-refractivity contribution in [2.24, 2.45) is 5.73 Å². The average Bonchev–Trinajstić information content (AvgIpc) is 2.39. The van der Waals surface area contributed by atoms with Crippen LogP contribution in [-0.4, -0.2) is 31.6 Å². The van der Waals surface area contributed by atoms with Crippen molar-refractivity contribution in [2.75, 3.05) is 26.7 Å². The standard InChI is InChI=1S/C14H24N2O/c1-4-10-16(5-2)14(11-15)12-6-8-13(17-3)9-7-12/h6-9,14H,4-5,10-11,15H2,1-3H3. The van der Waals surface area contributed by atoms with Crippen LogP contribution in [0.3, 0.4) is 0 Å². The van der Waals surface area contributed by atoms with E-state index in [9.17, 15) is 0 Å². The molecule has 0 aliphatic heterocycles. The van der Waals surface area contributed by atoms with Crippen LogP contribution < -0.4 is 10.5 Å². The molecular formula is C14H24N2O. The molecule has 0 saturated carbocycles. The summed E-state index contributed by atoms with van der Waals surface area (Å²) in [4.78, 5) is 2.42. The van der Waals surface area contributed by atoms with Gasteiger partial charge in [0.1, 0.15) is 5.75 Å². The van der Waals surface area contributed by atoms with Gasteiger partial charge in [-0.25, -0.2) is 0 Å². The number of ether oxygens (including phenoxy) is 1. The van der Waals surface area contributed by atoms with Gasteiger partial charge >= 0.3 is 0 Å². The van der Waals surface area contributed by atoms with Crippen LogP contribution in [0.1, 0.15) is 31.9 Å². The summed E-state index contributed by atoms with van der Waals surface area (Å²) in [6.07, 6.45) is 1.15. The molecule has 0 amide bonds. The van der Waals surface area contributed by atoms with Crippen molar-refractivity contribution < 1.29 is 4.74 Å². The summed E-state index contributed by atoms with van der Waals surface area (Å²) in [6.45, 7) is 7.15. The Morgan fingerprint density at radius 2 is 1.88 bits per heavy atom. The van der Waals surface area contributed by atoms with Crippen molar-refractivity contribution in [3.05, 3.63) is 29.8 Å². The van der Waals surface area contributed by atoms with Crippen molar-refractivity contribution in [3.63, 3.8) is 0 Å². The van der Waals surface area contributed by atoms with E-state index in [1.807, 2.05) is 12.1 Å². The first kappa shape index (κ1) is 14.0. The fraction of sp³-hybridized carbons (Fsp3) is 0.571. The van der Waals surface area contributed by atoms with Gasteiger partial charge < -0.3 is 10.5 Å². The SMILES string of the molecule is CCCN(CC)C(CN)c1ccc(OC)cc1. The lowest BCUT2D eigenvalue weighted by Crippen LogP contribution is -2.34. The molecule has 3 heteroatoms. The number of rotatable bonds is 7. The highest BCUT2D eigenvalue weighted by Crippen LogP contribution is 2.22. The van der Waals surface area contributed by atoms with E-state index in [2.05, 4.69) is 30.9 Å². The normalized spacial score (nSPS) is 12.8. The molecule has 0 saturated heterocycles. The van der Waals surface area contributed by atoms with Crippen LogP contribution in [0, 0.1) is 0 Å². The Kier molecular flexibility index (Phi) is 6.01. The van der Waals surface area contributed by atoms with Crippen LogP contribution in [0.2, 0.25) is 0 Å². The predicted molar refractivity (Wildman–Crippen MR) is 72.3 cm³/mol. The van der Waals surface area contributed by atoms with Gasteiger partial charge in [0.2, 0.25) is 0 Å². The van der Waals surface area contributed by atoms with Crippen LogP contribution in [0.25, 0.3) is 0 Å². The van der Waals surface area contributed by atoms with Crippen molar-refractivity contribution in [1.29, 1.82) is 0 Å². The van der Waals surface area contributed by atoms with Crippen LogP contribution in [0.4, 0.5) is 0 Å². The van der Waals surface area contributed by atoms with Gasteiger partial charge in [-0.3, -0.25) is 4.90 Å². The Morgan fingerprint density at radius 1 is 1.24 bits per heavy atom. The Balaban J connectivity index is 2.83. The zero-order valence-electron chi connectivity index (χ0n) is 11.1. The lowest BCUT2D eigenvalue weighted by molar-refractivity contribution is 0.212. The zero-order valence-corrected chi connectivity index (χ0v) is 11.1. The quantitative estimate of drug-likeness (QED) is 0.790. The first-order chi connectivity index (χ1) is 8.26. The summed E-state index contributed by atoms with van der Waals surface area (Å²) in [5.41, 5.74) is 7.18. The topological polar surface area (TPSA) is 38.5 Å². The van der Waals surface area contributed by atoms with Crippen molar-refractivity contribution >= 4 is 0 Å². The van der Waals surface area contributed by atoms with Crippen LogP contribution >= 0.6 is 0 Å². The lowest BCUT2D eigenvalue weighted by Gasteiger charge is -2.29. The minimum absolute atomic E-state index is 0.311. The van der Waals surface area contributed by atoms with Crippen molar-refractivity contribution in [2.45, 2.75) is 26.3 Å². The van der Waals surface area contributed by atoms with E-state index in [1.54, 1.807) is 7.11 Å². The van der Waals surface area contributed by atoms with Gasteiger partial charge in [-0.2, -0.15) is 0 Å². The Bertz CT molecular complexity index is 311. The highest BCUT2D eigenvalue weighted by Gasteiger charge is 2.16. The monoisotopic (exact) mass is 236 g/mol.